The van der Waals surface area contributed by atoms with Gasteiger partial charge in [0.1, 0.15) is 11.9 Å². The molecule has 5 nitrogen and oxygen atoms in total. The number of halogens is 1. The molecule has 1 aliphatic heterocycles. The van der Waals surface area contributed by atoms with Gasteiger partial charge in [-0.2, -0.15) is 5.10 Å². The summed E-state index contributed by atoms with van der Waals surface area (Å²) in [7, 11) is 2.03. The van der Waals surface area contributed by atoms with E-state index in [1.807, 2.05) is 48.3 Å². The Morgan fingerprint density at radius 3 is 2.55 bits per heavy atom. The predicted octanol–water partition coefficient (Wildman–Crippen LogP) is 4.44. The maximum Gasteiger partial charge on any atom is 0.244 e. The topological polar surface area (TPSA) is 52.2 Å². The van der Waals surface area contributed by atoms with E-state index >= 15 is 0 Å². The Hall–Kier alpha value is -2.99. The smallest absolute Gasteiger partial charge is 0.244 e. The van der Waals surface area contributed by atoms with Crippen LogP contribution in [-0.4, -0.2) is 52.6 Å². The molecule has 1 aliphatic rings. The number of H-pyrrole nitrogens is 1. The highest BCUT2D eigenvalue weighted by Gasteiger charge is 2.30. The molecule has 6 heteroatoms. The lowest BCUT2D eigenvalue weighted by Gasteiger charge is -2.31. The van der Waals surface area contributed by atoms with Gasteiger partial charge in [0.2, 0.25) is 5.91 Å². The van der Waals surface area contributed by atoms with Crippen LogP contribution in [0.25, 0.3) is 11.3 Å². The first-order valence-corrected chi connectivity index (χ1v) is 11.0. The third kappa shape index (κ3) is 5.20. The lowest BCUT2D eigenvalue weighted by molar-refractivity contribution is -0.135. The second-order valence-corrected chi connectivity index (χ2v) is 8.22. The fourth-order valence-electron chi connectivity index (χ4n) is 4.24. The first-order chi connectivity index (χ1) is 15.1. The van der Waals surface area contributed by atoms with Crippen LogP contribution in [-0.2, 0) is 11.2 Å². The predicted molar refractivity (Wildman–Crippen MR) is 120 cm³/mol. The molecular formula is C25H29FN4O. The van der Waals surface area contributed by atoms with E-state index in [2.05, 4.69) is 15.1 Å². The normalized spacial score (nSPS) is 14.9. The number of rotatable bonds is 8. The van der Waals surface area contributed by atoms with Gasteiger partial charge in [-0.05, 0) is 75.2 Å². The van der Waals surface area contributed by atoms with Crippen LogP contribution in [0.1, 0.15) is 36.6 Å². The number of likely N-dealkylation sites (N-methyl/N-ethyl adjacent to an activating group) is 1. The summed E-state index contributed by atoms with van der Waals surface area (Å²) in [5.41, 5.74) is 3.79. The fourth-order valence-corrected chi connectivity index (χ4v) is 4.24. The second-order valence-electron chi connectivity index (χ2n) is 8.22. The van der Waals surface area contributed by atoms with Gasteiger partial charge in [0.25, 0.3) is 0 Å². The summed E-state index contributed by atoms with van der Waals surface area (Å²) in [5.74, 6) is -0.0506. The minimum absolute atomic E-state index is 0.200. The van der Waals surface area contributed by atoms with Crippen LogP contribution in [0.5, 0.6) is 0 Å². The molecular weight excluding hydrogens is 391 g/mol. The van der Waals surface area contributed by atoms with Crippen molar-refractivity contribution in [2.24, 2.45) is 0 Å². The molecule has 4 rings (SSSR count). The van der Waals surface area contributed by atoms with E-state index in [9.17, 15) is 9.18 Å². The SMILES string of the molecule is CN(CCCc1cc(-c2ccc(F)cc2)n[nH]1)C(C(=O)N1CCCC1)c1ccccc1. The number of nitrogens with zero attached hydrogens (tertiary/aromatic N) is 3. The summed E-state index contributed by atoms with van der Waals surface area (Å²) in [6, 6.07) is 18.2. The molecule has 1 aromatic heterocycles. The van der Waals surface area contributed by atoms with Gasteiger partial charge >= 0.3 is 0 Å². The Morgan fingerprint density at radius 2 is 1.84 bits per heavy atom. The summed E-state index contributed by atoms with van der Waals surface area (Å²) in [4.78, 5) is 17.4. The molecule has 1 amide bonds. The second kappa shape index (κ2) is 9.88. The molecule has 1 N–H and O–H groups in total. The van der Waals surface area contributed by atoms with Gasteiger partial charge in [0.15, 0.2) is 0 Å². The van der Waals surface area contributed by atoms with Crippen molar-refractivity contribution in [3.63, 3.8) is 0 Å². The van der Waals surface area contributed by atoms with E-state index in [-0.39, 0.29) is 17.8 Å². The summed E-state index contributed by atoms with van der Waals surface area (Å²) in [6.45, 7) is 2.51. The minimum atomic E-state index is -0.254. The first-order valence-electron chi connectivity index (χ1n) is 11.0. The van der Waals surface area contributed by atoms with Crippen molar-refractivity contribution >= 4 is 5.91 Å². The molecule has 0 saturated carbocycles. The van der Waals surface area contributed by atoms with Crippen molar-refractivity contribution in [1.82, 2.24) is 20.0 Å². The molecule has 0 bridgehead atoms. The number of carbonyl (C=O) groups is 1. The van der Waals surface area contributed by atoms with Crippen molar-refractivity contribution in [3.05, 3.63) is 77.7 Å². The maximum atomic E-state index is 13.2. The van der Waals surface area contributed by atoms with E-state index in [4.69, 9.17) is 0 Å². The maximum absolute atomic E-state index is 13.2. The molecule has 162 valence electrons. The lowest BCUT2D eigenvalue weighted by atomic mass is 10.0. The largest absolute Gasteiger partial charge is 0.341 e. The number of aromatic amines is 1. The van der Waals surface area contributed by atoms with E-state index in [1.165, 1.54) is 12.1 Å². The number of hydrogen-bond acceptors (Lipinski definition) is 3. The molecule has 3 aromatic rings. The van der Waals surface area contributed by atoms with E-state index in [1.54, 1.807) is 12.1 Å². The molecule has 1 unspecified atom stereocenters. The quantitative estimate of drug-likeness (QED) is 0.586. The zero-order valence-corrected chi connectivity index (χ0v) is 17.9. The molecule has 0 radical (unpaired) electrons. The number of likely N-dealkylation sites (tertiary alicyclic amines) is 1. The Bertz CT molecular complexity index is 980. The van der Waals surface area contributed by atoms with Crippen LogP contribution in [0.3, 0.4) is 0 Å². The zero-order valence-electron chi connectivity index (χ0n) is 17.9. The average Bonchev–Trinajstić information content (AvgIpc) is 3.48. The first kappa shape index (κ1) is 21.2. The van der Waals surface area contributed by atoms with Crippen LogP contribution in [0.15, 0.2) is 60.7 Å². The summed E-state index contributed by atoms with van der Waals surface area (Å²) >= 11 is 0. The highest BCUT2D eigenvalue weighted by atomic mass is 19.1. The van der Waals surface area contributed by atoms with Crippen molar-refractivity contribution < 1.29 is 9.18 Å². The molecule has 1 fully saturated rings. The van der Waals surface area contributed by atoms with Gasteiger partial charge in [0, 0.05) is 24.3 Å². The standard InChI is InChI=1S/C25H29FN4O/c1-29(24(20-8-3-2-4-9-20)25(31)30-16-5-6-17-30)15-7-10-22-18-23(28-27-22)19-11-13-21(26)14-12-19/h2-4,8-9,11-14,18,24H,5-7,10,15-17H2,1H3,(H,27,28). The number of hydrogen-bond donors (Lipinski definition) is 1. The van der Waals surface area contributed by atoms with Crippen LogP contribution in [0, 0.1) is 5.82 Å². The molecule has 1 atom stereocenters. The number of nitrogens with one attached hydrogen (secondary N) is 1. The van der Waals surface area contributed by atoms with E-state index in [0.29, 0.717) is 0 Å². The van der Waals surface area contributed by atoms with Gasteiger partial charge < -0.3 is 4.90 Å². The number of aromatic nitrogens is 2. The van der Waals surface area contributed by atoms with Gasteiger partial charge in [-0.25, -0.2) is 4.39 Å². The molecule has 2 aromatic carbocycles. The number of benzene rings is 2. The summed E-state index contributed by atoms with van der Waals surface area (Å²) in [6.07, 6.45) is 3.91. The van der Waals surface area contributed by atoms with Gasteiger partial charge in [-0.1, -0.05) is 30.3 Å². The van der Waals surface area contributed by atoms with E-state index in [0.717, 1.165) is 67.8 Å². The number of carbonyl (C=O) groups excluding carboxylic acids is 1. The third-order valence-corrected chi connectivity index (χ3v) is 5.94. The minimum Gasteiger partial charge on any atom is -0.341 e. The van der Waals surface area contributed by atoms with Crippen molar-refractivity contribution in [2.45, 2.75) is 31.7 Å². The monoisotopic (exact) mass is 420 g/mol. The van der Waals surface area contributed by atoms with Crippen molar-refractivity contribution in [2.75, 3.05) is 26.7 Å². The van der Waals surface area contributed by atoms with E-state index < -0.39 is 0 Å². The Labute approximate surface area is 182 Å². The molecule has 1 saturated heterocycles. The highest BCUT2D eigenvalue weighted by Crippen LogP contribution is 2.25. The molecule has 0 aliphatic carbocycles. The Kier molecular flexibility index (Phi) is 6.77. The third-order valence-electron chi connectivity index (χ3n) is 5.94. The Morgan fingerprint density at radius 1 is 1.13 bits per heavy atom. The van der Waals surface area contributed by atoms with Crippen LogP contribution < -0.4 is 0 Å². The van der Waals surface area contributed by atoms with Gasteiger partial charge in [-0.15, -0.1) is 0 Å². The van der Waals surface area contributed by atoms with Crippen molar-refractivity contribution in [1.29, 1.82) is 0 Å². The molecule has 31 heavy (non-hydrogen) atoms. The highest BCUT2D eigenvalue weighted by molar-refractivity contribution is 5.83. The Balaban J connectivity index is 1.38. The summed E-state index contributed by atoms with van der Waals surface area (Å²) in [5, 5.41) is 7.44. The molecule has 2 heterocycles. The van der Waals surface area contributed by atoms with Crippen LogP contribution >= 0.6 is 0 Å². The van der Waals surface area contributed by atoms with Crippen molar-refractivity contribution in [3.8, 4) is 11.3 Å². The van der Waals surface area contributed by atoms with Gasteiger partial charge in [0.05, 0.1) is 5.69 Å². The fraction of sp³-hybridized carbons (Fsp3) is 0.360. The average molecular weight is 421 g/mol. The van der Waals surface area contributed by atoms with Crippen LogP contribution in [0.4, 0.5) is 4.39 Å². The van der Waals surface area contributed by atoms with Gasteiger partial charge in [-0.3, -0.25) is 14.8 Å². The lowest BCUT2D eigenvalue weighted by Crippen LogP contribution is -2.40. The number of amides is 1. The van der Waals surface area contributed by atoms with Crippen LogP contribution in [0.2, 0.25) is 0 Å². The zero-order chi connectivity index (χ0) is 21.6. The number of aryl methyl sites for hydroxylation is 1. The molecule has 0 spiro atoms. The summed E-state index contributed by atoms with van der Waals surface area (Å²) < 4.78 is 13.1.